The molecule has 23 heavy (non-hydrogen) atoms. The molecule has 0 aliphatic carbocycles. The van der Waals surface area contributed by atoms with E-state index in [1.165, 1.54) is 22.7 Å². The minimum Gasteiger partial charge on any atom is -0.383 e. The summed E-state index contributed by atoms with van der Waals surface area (Å²) in [6.07, 6.45) is 0. The molecule has 0 aliphatic rings. The normalized spacial score (nSPS) is 12.2. The molecule has 0 spiro atoms. The van der Waals surface area contributed by atoms with Crippen molar-refractivity contribution >= 4 is 70.7 Å². The zero-order chi connectivity index (χ0) is 16.4. The third kappa shape index (κ3) is 3.83. The van der Waals surface area contributed by atoms with Crippen LogP contribution in [0.4, 0.5) is 0 Å². The van der Waals surface area contributed by atoms with Gasteiger partial charge in [-0.1, -0.05) is 27.3 Å². The van der Waals surface area contributed by atoms with Gasteiger partial charge in [0.2, 0.25) is 0 Å². The van der Waals surface area contributed by atoms with Crippen molar-refractivity contribution in [2.24, 2.45) is 4.99 Å². The smallest absolute Gasteiger partial charge is 0.289 e. The van der Waals surface area contributed by atoms with E-state index in [0.29, 0.717) is 22.8 Å². The molecule has 0 unspecified atom stereocenters. The van der Waals surface area contributed by atoms with E-state index < -0.39 is 0 Å². The van der Waals surface area contributed by atoms with Crippen LogP contribution in [0.25, 0.3) is 10.2 Å². The first-order chi connectivity index (χ1) is 11.1. The van der Waals surface area contributed by atoms with Crippen LogP contribution in [0.5, 0.6) is 0 Å². The first-order valence-electron chi connectivity index (χ1n) is 6.70. The fourth-order valence-corrected chi connectivity index (χ4v) is 4.98. The molecule has 0 fully saturated rings. The topological polar surface area (TPSA) is 43.6 Å². The Morgan fingerprint density at radius 1 is 1.26 bits per heavy atom. The number of benzene rings is 1. The summed E-state index contributed by atoms with van der Waals surface area (Å²) >= 11 is 9.74. The number of thiazole rings is 1. The van der Waals surface area contributed by atoms with Crippen molar-refractivity contribution in [3.8, 4) is 0 Å². The second-order valence-electron chi connectivity index (χ2n) is 4.66. The Hall–Kier alpha value is -0.800. The van der Waals surface area contributed by atoms with Crippen molar-refractivity contribution in [1.82, 2.24) is 4.57 Å². The van der Waals surface area contributed by atoms with Crippen LogP contribution in [0.1, 0.15) is 9.67 Å². The summed E-state index contributed by atoms with van der Waals surface area (Å²) in [5, 5.41) is 0. The van der Waals surface area contributed by atoms with E-state index >= 15 is 0 Å². The van der Waals surface area contributed by atoms with Crippen LogP contribution in [0, 0.1) is 0 Å². The van der Waals surface area contributed by atoms with Crippen LogP contribution in [0.2, 0.25) is 0 Å². The van der Waals surface area contributed by atoms with Gasteiger partial charge in [-0.3, -0.25) is 4.79 Å². The Labute approximate surface area is 157 Å². The van der Waals surface area contributed by atoms with Crippen LogP contribution in [0.15, 0.2) is 43.6 Å². The predicted molar refractivity (Wildman–Crippen MR) is 101 cm³/mol. The van der Waals surface area contributed by atoms with E-state index in [-0.39, 0.29) is 5.91 Å². The van der Waals surface area contributed by atoms with Gasteiger partial charge < -0.3 is 9.30 Å². The number of carbonyl (C=O) groups excluding carboxylic acids is 1. The van der Waals surface area contributed by atoms with E-state index in [1.54, 1.807) is 13.2 Å². The first kappa shape index (κ1) is 17.0. The Balaban J connectivity index is 2.11. The highest BCUT2D eigenvalue weighted by atomic mass is 79.9. The van der Waals surface area contributed by atoms with E-state index in [4.69, 9.17) is 4.74 Å². The minimum absolute atomic E-state index is 0.225. The van der Waals surface area contributed by atoms with E-state index in [1.807, 2.05) is 28.8 Å². The molecule has 8 heteroatoms. The molecule has 0 saturated heterocycles. The average Bonchev–Trinajstić information content (AvgIpc) is 3.08. The summed E-state index contributed by atoms with van der Waals surface area (Å²) in [4.78, 5) is 18.0. The highest BCUT2D eigenvalue weighted by Crippen LogP contribution is 2.24. The van der Waals surface area contributed by atoms with Crippen molar-refractivity contribution in [2.45, 2.75) is 6.54 Å². The number of rotatable bonds is 4. The molecule has 0 bridgehead atoms. The second-order valence-corrected chi connectivity index (χ2v) is 9.05. The fraction of sp³-hybridized carbons (Fsp3) is 0.200. The maximum atomic E-state index is 12.4. The Morgan fingerprint density at radius 2 is 2.09 bits per heavy atom. The summed E-state index contributed by atoms with van der Waals surface area (Å²) in [5.41, 5.74) is 1.05. The van der Waals surface area contributed by atoms with Crippen molar-refractivity contribution in [1.29, 1.82) is 0 Å². The molecular weight excluding hydrogens is 464 g/mol. The van der Waals surface area contributed by atoms with Gasteiger partial charge in [0.1, 0.15) is 0 Å². The number of halogens is 2. The SMILES string of the molecule is COCCn1c(=NC(=O)c2ccc(Br)s2)sc2cc(Br)ccc21. The zero-order valence-corrected chi connectivity index (χ0v) is 16.9. The minimum atomic E-state index is -0.225. The highest BCUT2D eigenvalue weighted by molar-refractivity contribution is 9.11. The molecule has 3 aromatic rings. The molecular formula is C15H12Br2N2O2S2. The van der Waals surface area contributed by atoms with Crippen molar-refractivity contribution < 1.29 is 9.53 Å². The van der Waals surface area contributed by atoms with Gasteiger partial charge in [-0.15, -0.1) is 11.3 Å². The number of carbonyl (C=O) groups is 1. The molecule has 3 rings (SSSR count). The maximum Gasteiger partial charge on any atom is 0.289 e. The summed E-state index contributed by atoms with van der Waals surface area (Å²) in [6, 6.07) is 9.68. The summed E-state index contributed by atoms with van der Waals surface area (Å²) in [5.74, 6) is -0.225. The van der Waals surface area contributed by atoms with Gasteiger partial charge in [0.25, 0.3) is 5.91 Å². The number of hydrogen-bond donors (Lipinski definition) is 0. The molecule has 0 aliphatic heterocycles. The number of thiophene rings is 1. The average molecular weight is 476 g/mol. The summed E-state index contributed by atoms with van der Waals surface area (Å²) in [6.45, 7) is 1.21. The Morgan fingerprint density at radius 3 is 2.78 bits per heavy atom. The van der Waals surface area contributed by atoms with Gasteiger partial charge in [0.05, 0.1) is 25.5 Å². The molecule has 120 valence electrons. The lowest BCUT2D eigenvalue weighted by Crippen LogP contribution is -2.19. The number of ether oxygens (including phenoxy) is 1. The first-order valence-corrected chi connectivity index (χ1v) is 9.92. The second kappa shape index (κ2) is 7.40. The van der Waals surface area contributed by atoms with Crippen molar-refractivity contribution in [2.75, 3.05) is 13.7 Å². The molecule has 2 aromatic heterocycles. The number of hydrogen-bond acceptors (Lipinski definition) is 4. The molecule has 1 amide bonds. The Kier molecular flexibility index (Phi) is 5.48. The van der Waals surface area contributed by atoms with Gasteiger partial charge in [0.15, 0.2) is 4.80 Å². The molecule has 0 saturated carbocycles. The number of methoxy groups -OCH3 is 1. The van der Waals surface area contributed by atoms with Crippen LogP contribution in [-0.4, -0.2) is 24.2 Å². The predicted octanol–water partition coefficient (Wildman–Crippen LogP) is 4.68. The third-order valence-corrected chi connectivity index (χ3v) is 6.29. The zero-order valence-electron chi connectivity index (χ0n) is 12.1. The van der Waals surface area contributed by atoms with Gasteiger partial charge >= 0.3 is 0 Å². The lowest BCUT2D eigenvalue weighted by molar-refractivity contribution is 0.100. The number of amides is 1. The number of nitrogens with zero attached hydrogens (tertiary/aromatic N) is 2. The third-order valence-electron chi connectivity index (χ3n) is 3.14. The molecule has 4 nitrogen and oxygen atoms in total. The molecule has 2 heterocycles. The van der Waals surface area contributed by atoms with Crippen molar-refractivity contribution in [3.63, 3.8) is 0 Å². The van der Waals surface area contributed by atoms with Gasteiger partial charge in [-0.25, -0.2) is 0 Å². The summed E-state index contributed by atoms with van der Waals surface area (Å²) in [7, 11) is 1.66. The lowest BCUT2D eigenvalue weighted by atomic mass is 10.3. The quantitative estimate of drug-likeness (QED) is 0.549. The number of aromatic nitrogens is 1. The standard InChI is InChI=1S/C15H12Br2N2O2S2/c1-21-7-6-19-10-3-2-9(16)8-12(10)23-15(19)18-14(20)11-4-5-13(17)22-11/h2-5,8H,6-7H2,1H3. The van der Waals surface area contributed by atoms with Crippen LogP contribution in [-0.2, 0) is 11.3 Å². The highest BCUT2D eigenvalue weighted by Gasteiger charge is 2.11. The molecule has 0 atom stereocenters. The molecule has 1 aromatic carbocycles. The summed E-state index contributed by atoms with van der Waals surface area (Å²) < 4.78 is 10.2. The van der Waals surface area contributed by atoms with Gasteiger partial charge in [0, 0.05) is 18.1 Å². The van der Waals surface area contributed by atoms with Crippen LogP contribution >= 0.6 is 54.5 Å². The van der Waals surface area contributed by atoms with E-state index in [9.17, 15) is 4.79 Å². The number of fused-ring (bicyclic) bond motifs is 1. The van der Waals surface area contributed by atoms with E-state index in [0.717, 1.165) is 18.5 Å². The monoisotopic (exact) mass is 474 g/mol. The molecule has 0 radical (unpaired) electrons. The molecule has 0 N–H and O–H groups in total. The van der Waals surface area contributed by atoms with E-state index in [2.05, 4.69) is 36.9 Å². The fourth-order valence-electron chi connectivity index (χ4n) is 2.10. The maximum absolute atomic E-state index is 12.4. The van der Waals surface area contributed by atoms with Gasteiger partial charge in [-0.05, 0) is 46.3 Å². The van der Waals surface area contributed by atoms with Crippen molar-refractivity contribution in [3.05, 3.63) is 48.3 Å². The van der Waals surface area contributed by atoms with Gasteiger partial charge in [-0.2, -0.15) is 4.99 Å². The largest absolute Gasteiger partial charge is 0.383 e. The lowest BCUT2D eigenvalue weighted by Gasteiger charge is -2.04. The van der Waals surface area contributed by atoms with Crippen LogP contribution < -0.4 is 4.80 Å². The Bertz CT molecular complexity index is 927. The van der Waals surface area contributed by atoms with Crippen LogP contribution in [0.3, 0.4) is 0 Å².